The summed E-state index contributed by atoms with van der Waals surface area (Å²) in [5.41, 5.74) is 0.639. The SMILES string of the molecule is COc1ccc(NC(=O)[C@@H](C)OC(=O)c2ccccc2[S@@](C)=O)cc1OC. The zero-order valence-electron chi connectivity index (χ0n) is 15.5. The number of benzene rings is 2. The van der Waals surface area contributed by atoms with Crippen molar-refractivity contribution in [2.24, 2.45) is 0 Å². The molecule has 27 heavy (non-hydrogen) atoms. The summed E-state index contributed by atoms with van der Waals surface area (Å²) in [7, 11) is 1.65. The van der Waals surface area contributed by atoms with Crippen molar-refractivity contribution in [3.05, 3.63) is 48.0 Å². The first kappa shape index (κ1) is 20.4. The van der Waals surface area contributed by atoms with E-state index in [9.17, 15) is 13.8 Å². The summed E-state index contributed by atoms with van der Waals surface area (Å²) in [4.78, 5) is 25.0. The van der Waals surface area contributed by atoms with Crippen LogP contribution in [0.2, 0.25) is 0 Å². The average Bonchev–Trinajstić information content (AvgIpc) is 2.67. The maximum absolute atomic E-state index is 12.3. The van der Waals surface area contributed by atoms with Gasteiger partial charge in [0.2, 0.25) is 0 Å². The highest BCUT2D eigenvalue weighted by molar-refractivity contribution is 7.84. The number of esters is 1. The van der Waals surface area contributed by atoms with E-state index in [0.29, 0.717) is 22.1 Å². The van der Waals surface area contributed by atoms with Crippen LogP contribution in [-0.2, 0) is 20.3 Å². The monoisotopic (exact) mass is 391 g/mol. The van der Waals surface area contributed by atoms with Gasteiger partial charge in [-0.2, -0.15) is 0 Å². The molecule has 0 heterocycles. The summed E-state index contributed by atoms with van der Waals surface area (Å²) in [5.74, 6) is -0.236. The Morgan fingerprint density at radius 1 is 1.04 bits per heavy atom. The van der Waals surface area contributed by atoms with Gasteiger partial charge in [-0.05, 0) is 31.2 Å². The second kappa shape index (κ2) is 9.18. The Hall–Kier alpha value is -2.87. The predicted octanol–water partition coefficient (Wildman–Crippen LogP) is 2.63. The minimum absolute atomic E-state index is 0.170. The second-order valence-corrected chi connectivity index (χ2v) is 6.90. The molecule has 0 aliphatic carbocycles. The largest absolute Gasteiger partial charge is 0.493 e. The average molecular weight is 391 g/mol. The molecule has 0 unspecified atom stereocenters. The highest BCUT2D eigenvalue weighted by atomic mass is 32.2. The van der Waals surface area contributed by atoms with E-state index < -0.39 is 28.8 Å². The van der Waals surface area contributed by atoms with Crippen LogP contribution in [0.1, 0.15) is 17.3 Å². The quantitative estimate of drug-likeness (QED) is 0.730. The van der Waals surface area contributed by atoms with Gasteiger partial charge in [0.15, 0.2) is 17.6 Å². The van der Waals surface area contributed by atoms with Gasteiger partial charge in [0, 0.05) is 18.0 Å². The molecular formula is C19H21NO6S. The lowest BCUT2D eigenvalue weighted by molar-refractivity contribution is -0.123. The molecule has 2 atom stereocenters. The van der Waals surface area contributed by atoms with Crippen LogP contribution in [0.3, 0.4) is 0 Å². The van der Waals surface area contributed by atoms with Gasteiger partial charge in [-0.1, -0.05) is 12.1 Å². The Labute approximate surface area is 160 Å². The van der Waals surface area contributed by atoms with Gasteiger partial charge in [-0.15, -0.1) is 0 Å². The molecule has 0 spiro atoms. The number of hydrogen-bond acceptors (Lipinski definition) is 6. The molecule has 2 rings (SSSR count). The standard InChI is InChI=1S/C19H21NO6S/c1-12(26-19(22)14-7-5-6-8-17(14)27(4)23)18(21)20-13-9-10-15(24-2)16(11-13)25-3/h5-12H,1-4H3,(H,20,21)/t12-,27-/m1/s1. The van der Waals surface area contributed by atoms with E-state index >= 15 is 0 Å². The Morgan fingerprint density at radius 2 is 1.70 bits per heavy atom. The zero-order chi connectivity index (χ0) is 20.0. The van der Waals surface area contributed by atoms with Crippen LogP contribution >= 0.6 is 0 Å². The third-order valence-corrected chi connectivity index (χ3v) is 4.70. The van der Waals surface area contributed by atoms with Crippen molar-refractivity contribution in [3.63, 3.8) is 0 Å². The molecule has 0 aliphatic rings. The zero-order valence-corrected chi connectivity index (χ0v) is 16.3. The van der Waals surface area contributed by atoms with Crippen molar-refractivity contribution in [2.75, 3.05) is 25.8 Å². The summed E-state index contributed by atoms with van der Waals surface area (Å²) in [5, 5.41) is 2.65. The van der Waals surface area contributed by atoms with Gasteiger partial charge in [-0.3, -0.25) is 9.00 Å². The van der Waals surface area contributed by atoms with E-state index in [1.165, 1.54) is 33.5 Å². The number of ether oxygens (including phenoxy) is 3. The maximum atomic E-state index is 12.3. The van der Waals surface area contributed by atoms with Crippen molar-refractivity contribution >= 4 is 28.4 Å². The van der Waals surface area contributed by atoms with Crippen LogP contribution in [-0.4, -0.2) is 42.7 Å². The first-order chi connectivity index (χ1) is 12.9. The topological polar surface area (TPSA) is 90.9 Å². The predicted molar refractivity (Wildman–Crippen MR) is 102 cm³/mol. The molecule has 0 aromatic heterocycles. The number of carbonyl (C=O) groups is 2. The van der Waals surface area contributed by atoms with Crippen LogP contribution in [0, 0.1) is 0 Å². The first-order valence-electron chi connectivity index (χ1n) is 8.03. The normalized spacial score (nSPS) is 12.6. The minimum atomic E-state index is -1.35. The van der Waals surface area contributed by atoms with Crippen molar-refractivity contribution in [1.29, 1.82) is 0 Å². The highest BCUT2D eigenvalue weighted by Crippen LogP contribution is 2.29. The summed E-state index contributed by atoms with van der Waals surface area (Å²) in [6.07, 6.45) is 0.420. The molecule has 8 heteroatoms. The summed E-state index contributed by atoms with van der Waals surface area (Å²) in [6.45, 7) is 1.46. The minimum Gasteiger partial charge on any atom is -0.493 e. The van der Waals surface area contributed by atoms with Gasteiger partial charge in [0.25, 0.3) is 5.91 Å². The number of rotatable bonds is 7. The van der Waals surface area contributed by atoms with E-state index in [1.54, 1.807) is 36.4 Å². The first-order valence-corrected chi connectivity index (χ1v) is 9.59. The van der Waals surface area contributed by atoms with Gasteiger partial charge >= 0.3 is 5.97 Å². The molecule has 0 saturated carbocycles. The van der Waals surface area contributed by atoms with Gasteiger partial charge < -0.3 is 19.5 Å². The molecule has 2 aromatic carbocycles. The lowest BCUT2D eigenvalue weighted by Gasteiger charge is -2.15. The molecule has 0 saturated heterocycles. The smallest absolute Gasteiger partial charge is 0.340 e. The van der Waals surface area contributed by atoms with Crippen LogP contribution in [0.15, 0.2) is 47.4 Å². The molecule has 2 aromatic rings. The summed E-state index contributed by atoms with van der Waals surface area (Å²) in [6, 6.07) is 11.3. The number of hydrogen-bond donors (Lipinski definition) is 1. The Kier molecular flexibility index (Phi) is 6.95. The van der Waals surface area contributed by atoms with E-state index in [2.05, 4.69) is 5.32 Å². The summed E-state index contributed by atoms with van der Waals surface area (Å²) >= 11 is 0. The van der Waals surface area contributed by atoms with Crippen LogP contribution in [0.5, 0.6) is 11.5 Å². The van der Waals surface area contributed by atoms with E-state index in [1.807, 2.05) is 0 Å². The Bertz CT molecular complexity index is 867. The fourth-order valence-electron chi connectivity index (χ4n) is 2.32. The van der Waals surface area contributed by atoms with E-state index in [-0.39, 0.29) is 5.56 Å². The van der Waals surface area contributed by atoms with Crippen molar-refractivity contribution in [3.8, 4) is 11.5 Å². The number of carbonyl (C=O) groups excluding carboxylic acids is 2. The lowest BCUT2D eigenvalue weighted by Crippen LogP contribution is -2.30. The molecular weight excluding hydrogens is 370 g/mol. The van der Waals surface area contributed by atoms with E-state index in [0.717, 1.165) is 0 Å². The van der Waals surface area contributed by atoms with E-state index in [4.69, 9.17) is 14.2 Å². The fraction of sp³-hybridized carbons (Fsp3) is 0.263. The third-order valence-electron chi connectivity index (χ3n) is 3.72. The number of methoxy groups -OCH3 is 2. The highest BCUT2D eigenvalue weighted by Gasteiger charge is 2.22. The Morgan fingerprint density at radius 3 is 2.33 bits per heavy atom. The van der Waals surface area contributed by atoms with Crippen LogP contribution in [0.4, 0.5) is 5.69 Å². The molecule has 0 fully saturated rings. The molecule has 1 N–H and O–H groups in total. The molecule has 0 radical (unpaired) electrons. The van der Waals surface area contributed by atoms with Crippen molar-refractivity contribution in [1.82, 2.24) is 0 Å². The lowest BCUT2D eigenvalue weighted by atomic mass is 10.2. The molecule has 0 aliphatic heterocycles. The number of amides is 1. The van der Waals surface area contributed by atoms with Crippen LogP contribution < -0.4 is 14.8 Å². The van der Waals surface area contributed by atoms with Gasteiger partial charge in [0.1, 0.15) is 0 Å². The fourth-order valence-corrected chi connectivity index (χ4v) is 3.05. The number of anilines is 1. The van der Waals surface area contributed by atoms with Crippen LogP contribution in [0.25, 0.3) is 0 Å². The van der Waals surface area contributed by atoms with Crippen molar-refractivity contribution in [2.45, 2.75) is 17.9 Å². The Balaban J connectivity index is 2.08. The van der Waals surface area contributed by atoms with Crippen molar-refractivity contribution < 1.29 is 28.0 Å². The molecule has 0 bridgehead atoms. The molecule has 7 nitrogen and oxygen atoms in total. The summed E-state index contributed by atoms with van der Waals surface area (Å²) < 4.78 is 27.3. The van der Waals surface area contributed by atoms with Gasteiger partial charge in [0.05, 0.1) is 35.5 Å². The molecule has 144 valence electrons. The maximum Gasteiger partial charge on any atom is 0.340 e. The van der Waals surface area contributed by atoms with Gasteiger partial charge in [-0.25, -0.2) is 4.79 Å². The third kappa shape index (κ3) is 5.07. The molecule has 1 amide bonds. The second-order valence-electron chi connectivity index (χ2n) is 5.56. The number of nitrogens with one attached hydrogen (secondary N) is 1.